The molecule has 2 rings (SSSR count). The fraction of sp³-hybridized carbons (Fsp3) is 0.333. The molecule has 0 fully saturated rings. The van der Waals surface area contributed by atoms with Gasteiger partial charge in [-0.15, -0.1) is 10.2 Å². The minimum Gasteiger partial charge on any atom is -0.310 e. The number of benzene rings is 1. The van der Waals surface area contributed by atoms with Gasteiger partial charge in [-0.3, -0.25) is 0 Å². The summed E-state index contributed by atoms with van der Waals surface area (Å²) in [5, 5.41) is 13.8. The maximum Gasteiger partial charge on any atom is 0.148 e. The Morgan fingerprint density at radius 2 is 2.22 bits per heavy atom. The van der Waals surface area contributed by atoms with Crippen LogP contribution in [-0.2, 0) is 6.54 Å². The van der Waals surface area contributed by atoms with Gasteiger partial charge in [0.1, 0.15) is 10.0 Å². The van der Waals surface area contributed by atoms with Crippen LogP contribution < -0.4 is 5.32 Å². The third kappa shape index (κ3) is 3.72. The van der Waals surface area contributed by atoms with Crippen LogP contribution >= 0.6 is 49.9 Å². The molecule has 0 amide bonds. The predicted octanol–water partition coefficient (Wildman–Crippen LogP) is 4.07. The van der Waals surface area contributed by atoms with Gasteiger partial charge in [-0.1, -0.05) is 34.2 Å². The van der Waals surface area contributed by atoms with Gasteiger partial charge in [-0.05, 0) is 53.8 Å². The molecule has 1 aromatic heterocycles. The van der Waals surface area contributed by atoms with Crippen molar-refractivity contribution < 1.29 is 0 Å². The van der Waals surface area contributed by atoms with E-state index in [0.717, 1.165) is 39.6 Å². The van der Waals surface area contributed by atoms with Crippen LogP contribution in [0.2, 0.25) is 0 Å². The van der Waals surface area contributed by atoms with E-state index in [2.05, 4.69) is 73.1 Å². The average molecular weight is 438 g/mol. The number of nitrogens with zero attached hydrogens (tertiary/aromatic N) is 2. The summed E-state index contributed by atoms with van der Waals surface area (Å²) in [7, 11) is 0. The molecule has 0 spiro atoms. The summed E-state index contributed by atoms with van der Waals surface area (Å²) in [6.45, 7) is 3.97. The van der Waals surface area contributed by atoms with Gasteiger partial charge in [0.25, 0.3) is 0 Å². The highest BCUT2D eigenvalue weighted by Crippen LogP contribution is 2.30. The fourth-order valence-electron chi connectivity index (χ4n) is 1.47. The van der Waals surface area contributed by atoms with Crippen molar-refractivity contribution in [1.29, 1.82) is 0 Å². The van der Waals surface area contributed by atoms with Crippen LogP contribution in [0.1, 0.15) is 18.4 Å². The van der Waals surface area contributed by atoms with Crippen molar-refractivity contribution in [3.63, 3.8) is 0 Å². The van der Waals surface area contributed by atoms with E-state index in [1.54, 1.807) is 11.3 Å². The Balaban J connectivity index is 2.16. The normalized spacial score (nSPS) is 10.8. The number of aromatic nitrogens is 2. The minimum absolute atomic E-state index is 0.802. The monoisotopic (exact) mass is 437 g/mol. The second-order valence-corrected chi connectivity index (χ2v) is 6.94. The highest BCUT2D eigenvalue weighted by Gasteiger charge is 2.10. The smallest absolute Gasteiger partial charge is 0.148 e. The second kappa shape index (κ2) is 6.93. The molecule has 96 valence electrons. The van der Waals surface area contributed by atoms with Crippen molar-refractivity contribution in [2.24, 2.45) is 0 Å². The molecule has 0 atom stereocenters. The maximum atomic E-state index is 4.27. The Kier molecular flexibility index (Phi) is 5.53. The number of rotatable bonds is 5. The van der Waals surface area contributed by atoms with E-state index in [1.165, 1.54) is 3.57 Å². The molecule has 0 saturated carbocycles. The SMILES string of the molecule is CCCNCc1nnc(-c2cc(Br)ccc2I)s1. The molecular formula is C12H13BrIN3S. The highest BCUT2D eigenvalue weighted by molar-refractivity contribution is 14.1. The van der Waals surface area contributed by atoms with E-state index in [0.29, 0.717) is 0 Å². The van der Waals surface area contributed by atoms with Crippen LogP contribution in [-0.4, -0.2) is 16.7 Å². The number of hydrogen-bond acceptors (Lipinski definition) is 4. The van der Waals surface area contributed by atoms with Crippen molar-refractivity contribution >= 4 is 49.9 Å². The van der Waals surface area contributed by atoms with Gasteiger partial charge in [-0.2, -0.15) is 0 Å². The summed E-state index contributed by atoms with van der Waals surface area (Å²) >= 11 is 7.47. The van der Waals surface area contributed by atoms with Crippen molar-refractivity contribution in [3.8, 4) is 10.6 Å². The Morgan fingerprint density at radius 3 is 3.00 bits per heavy atom. The van der Waals surface area contributed by atoms with E-state index in [1.807, 2.05) is 6.07 Å². The van der Waals surface area contributed by atoms with Gasteiger partial charge < -0.3 is 5.32 Å². The fourth-order valence-corrected chi connectivity index (χ4v) is 3.44. The van der Waals surface area contributed by atoms with Gasteiger partial charge in [0.15, 0.2) is 0 Å². The van der Waals surface area contributed by atoms with Crippen molar-refractivity contribution in [2.75, 3.05) is 6.54 Å². The Bertz CT molecular complexity index is 530. The summed E-state index contributed by atoms with van der Waals surface area (Å²) < 4.78 is 2.26. The van der Waals surface area contributed by atoms with Crippen LogP contribution in [0.25, 0.3) is 10.6 Å². The quantitative estimate of drug-likeness (QED) is 0.565. The van der Waals surface area contributed by atoms with E-state index in [-0.39, 0.29) is 0 Å². The van der Waals surface area contributed by atoms with Crippen molar-refractivity contribution in [2.45, 2.75) is 19.9 Å². The predicted molar refractivity (Wildman–Crippen MR) is 87.8 cm³/mol. The molecule has 2 aromatic rings. The van der Waals surface area contributed by atoms with Crippen molar-refractivity contribution in [1.82, 2.24) is 15.5 Å². The van der Waals surface area contributed by atoms with E-state index in [4.69, 9.17) is 0 Å². The Labute approximate surface area is 133 Å². The van der Waals surface area contributed by atoms with Gasteiger partial charge in [0.05, 0.1) is 0 Å². The molecule has 18 heavy (non-hydrogen) atoms. The summed E-state index contributed by atoms with van der Waals surface area (Å²) in [6.07, 6.45) is 1.13. The summed E-state index contributed by atoms with van der Waals surface area (Å²) in [4.78, 5) is 0. The van der Waals surface area contributed by atoms with E-state index in [9.17, 15) is 0 Å². The average Bonchev–Trinajstić information content (AvgIpc) is 2.81. The van der Waals surface area contributed by atoms with Crippen LogP contribution in [0.3, 0.4) is 0 Å². The molecule has 3 nitrogen and oxygen atoms in total. The number of nitrogens with one attached hydrogen (secondary N) is 1. The lowest BCUT2D eigenvalue weighted by molar-refractivity contribution is 0.668. The molecule has 1 heterocycles. The van der Waals surface area contributed by atoms with Gasteiger partial charge >= 0.3 is 0 Å². The first-order chi connectivity index (χ1) is 8.70. The summed E-state index contributed by atoms with van der Waals surface area (Å²) in [5.74, 6) is 0. The molecule has 0 aliphatic carbocycles. The first-order valence-corrected chi connectivity index (χ1v) is 8.38. The zero-order valence-electron chi connectivity index (χ0n) is 9.91. The molecule has 0 bridgehead atoms. The maximum absolute atomic E-state index is 4.27. The van der Waals surface area contributed by atoms with E-state index < -0.39 is 0 Å². The lowest BCUT2D eigenvalue weighted by Crippen LogP contribution is -2.13. The van der Waals surface area contributed by atoms with Crippen LogP contribution in [0.15, 0.2) is 22.7 Å². The molecule has 0 unspecified atom stereocenters. The largest absolute Gasteiger partial charge is 0.310 e. The zero-order chi connectivity index (χ0) is 13.0. The number of hydrogen-bond donors (Lipinski definition) is 1. The molecule has 0 radical (unpaired) electrons. The molecule has 0 aliphatic rings. The summed E-state index contributed by atoms with van der Waals surface area (Å²) in [5.41, 5.74) is 1.14. The van der Waals surface area contributed by atoms with Gasteiger partial charge in [0.2, 0.25) is 0 Å². The first kappa shape index (κ1) is 14.4. The Hall–Kier alpha value is -0.0500. The third-order valence-electron chi connectivity index (χ3n) is 2.33. The summed E-state index contributed by atoms with van der Waals surface area (Å²) in [6, 6.07) is 6.21. The van der Waals surface area contributed by atoms with Gasteiger partial charge in [-0.25, -0.2) is 0 Å². The topological polar surface area (TPSA) is 37.8 Å². The zero-order valence-corrected chi connectivity index (χ0v) is 14.5. The lowest BCUT2D eigenvalue weighted by atomic mass is 10.2. The molecule has 1 aromatic carbocycles. The lowest BCUT2D eigenvalue weighted by Gasteiger charge is -2.00. The molecule has 6 heteroatoms. The minimum atomic E-state index is 0.802. The number of halogens is 2. The Morgan fingerprint density at radius 1 is 1.39 bits per heavy atom. The van der Waals surface area contributed by atoms with Crippen LogP contribution in [0, 0.1) is 3.57 Å². The molecule has 0 aliphatic heterocycles. The van der Waals surface area contributed by atoms with Crippen LogP contribution in [0.4, 0.5) is 0 Å². The highest BCUT2D eigenvalue weighted by atomic mass is 127. The molecular weight excluding hydrogens is 425 g/mol. The van der Waals surface area contributed by atoms with Crippen molar-refractivity contribution in [3.05, 3.63) is 31.2 Å². The standard InChI is InChI=1S/C12H13BrIN3S/c1-2-5-15-7-11-16-17-12(18-11)9-6-8(13)3-4-10(9)14/h3-4,6,15H,2,5,7H2,1H3. The molecule has 1 N–H and O–H groups in total. The first-order valence-electron chi connectivity index (χ1n) is 5.69. The van der Waals surface area contributed by atoms with E-state index >= 15 is 0 Å². The van der Waals surface area contributed by atoms with Gasteiger partial charge in [0, 0.05) is 20.2 Å². The molecule has 0 saturated heterocycles. The second-order valence-electron chi connectivity index (χ2n) is 3.80. The third-order valence-corrected chi connectivity index (χ3v) is 4.72. The van der Waals surface area contributed by atoms with Crippen LogP contribution in [0.5, 0.6) is 0 Å².